The summed E-state index contributed by atoms with van der Waals surface area (Å²) in [6.07, 6.45) is 0. The Morgan fingerprint density at radius 1 is 1.00 bits per heavy atom. The Hall–Kier alpha value is -1.63. The van der Waals surface area contributed by atoms with Crippen molar-refractivity contribution in [3.63, 3.8) is 0 Å². The number of nitrogens with one attached hydrogen (secondary N) is 1. The van der Waals surface area contributed by atoms with Gasteiger partial charge in [-0.1, -0.05) is 0 Å². The first-order chi connectivity index (χ1) is 9.13. The van der Waals surface area contributed by atoms with Crippen molar-refractivity contribution in [1.82, 2.24) is 0 Å². The van der Waals surface area contributed by atoms with Crippen LogP contribution >= 0.6 is 22.6 Å². The van der Waals surface area contributed by atoms with Crippen LogP contribution in [0.4, 0.5) is 17.1 Å². The number of benzene rings is 2. The monoisotopic (exact) mass is 370 g/mol. The van der Waals surface area contributed by atoms with Gasteiger partial charge in [-0.15, -0.1) is 0 Å². The van der Waals surface area contributed by atoms with Gasteiger partial charge in [-0.05, 0) is 52.9 Å². The number of nitrogens with two attached hydrogens (primary N) is 1. The predicted molar refractivity (Wildman–Crippen MR) is 86.4 cm³/mol. The lowest BCUT2D eigenvalue weighted by Crippen LogP contribution is -1.98. The van der Waals surface area contributed by atoms with E-state index in [1.807, 2.05) is 36.4 Å². The molecule has 19 heavy (non-hydrogen) atoms. The van der Waals surface area contributed by atoms with Crippen molar-refractivity contribution in [2.24, 2.45) is 0 Å². The van der Waals surface area contributed by atoms with E-state index in [0.717, 1.165) is 32.1 Å². The van der Waals surface area contributed by atoms with Crippen LogP contribution < -0.4 is 20.5 Å². The minimum Gasteiger partial charge on any atom is -0.497 e. The normalized spacial score (nSPS) is 10.1. The molecule has 0 radical (unpaired) electrons. The van der Waals surface area contributed by atoms with Gasteiger partial charge in [0.1, 0.15) is 11.5 Å². The van der Waals surface area contributed by atoms with Crippen molar-refractivity contribution >= 4 is 39.7 Å². The van der Waals surface area contributed by atoms with Crippen molar-refractivity contribution in [1.29, 1.82) is 0 Å². The van der Waals surface area contributed by atoms with Crippen LogP contribution in [0.1, 0.15) is 0 Å². The Bertz CT molecular complexity index is 588. The van der Waals surface area contributed by atoms with Crippen molar-refractivity contribution in [2.75, 3.05) is 25.3 Å². The van der Waals surface area contributed by atoms with Gasteiger partial charge in [0.15, 0.2) is 0 Å². The van der Waals surface area contributed by atoms with Gasteiger partial charge in [-0.2, -0.15) is 0 Å². The number of halogens is 1. The summed E-state index contributed by atoms with van der Waals surface area (Å²) in [4.78, 5) is 0. The first-order valence-corrected chi connectivity index (χ1v) is 6.76. The smallest absolute Gasteiger partial charge is 0.145 e. The molecule has 0 fully saturated rings. The molecule has 4 nitrogen and oxygen atoms in total. The molecule has 0 saturated carbocycles. The zero-order chi connectivity index (χ0) is 13.8. The molecule has 2 aromatic carbocycles. The summed E-state index contributed by atoms with van der Waals surface area (Å²) in [6.45, 7) is 0. The molecule has 0 aliphatic heterocycles. The maximum Gasteiger partial charge on any atom is 0.145 e. The van der Waals surface area contributed by atoms with Crippen LogP contribution in [0.25, 0.3) is 0 Å². The van der Waals surface area contributed by atoms with Crippen molar-refractivity contribution < 1.29 is 9.47 Å². The molecule has 0 aromatic heterocycles. The van der Waals surface area contributed by atoms with E-state index in [9.17, 15) is 0 Å². The van der Waals surface area contributed by atoms with Crippen molar-refractivity contribution in [3.05, 3.63) is 40.0 Å². The van der Waals surface area contributed by atoms with E-state index < -0.39 is 0 Å². The third-order valence-electron chi connectivity index (χ3n) is 2.67. The third kappa shape index (κ3) is 3.23. The number of nitrogen functional groups attached to an aromatic ring is 1. The van der Waals surface area contributed by atoms with Gasteiger partial charge < -0.3 is 20.5 Å². The first-order valence-electron chi connectivity index (χ1n) is 5.68. The standard InChI is InChI=1S/C14H15IN2O2/c1-18-10-4-6-13(14(8-10)19-2)17-12-5-3-9(16)7-11(12)15/h3-8,17H,16H2,1-2H3. The van der Waals surface area contributed by atoms with Crippen LogP contribution in [-0.4, -0.2) is 14.2 Å². The molecule has 5 heteroatoms. The van der Waals surface area contributed by atoms with Crippen molar-refractivity contribution in [2.45, 2.75) is 0 Å². The molecule has 0 saturated heterocycles. The summed E-state index contributed by atoms with van der Waals surface area (Å²) >= 11 is 2.24. The summed E-state index contributed by atoms with van der Waals surface area (Å²) in [7, 11) is 3.26. The van der Waals surface area contributed by atoms with E-state index in [4.69, 9.17) is 15.2 Å². The average molecular weight is 370 g/mol. The number of methoxy groups -OCH3 is 2. The van der Waals surface area contributed by atoms with Gasteiger partial charge >= 0.3 is 0 Å². The largest absolute Gasteiger partial charge is 0.497 e. The van der Waals surface area contributed by atoms with E-state index in [0.29, 0.717) is 0 Å². The number of hydrogen-bond acceptors (Lipinski definition) is 4. The first kappa shape index (κ1) is 13.8. The number of anilines is 3. The molecule has 0 aliphatic carbocycles. The van der Waals surface area contributed by atoms with Gasteiger partial charge in [0, 0.05) is 15.3 Å². The molecule has 0 bridgehead atoms. The van der Waals surface area contributed by atoms with Gasteiger partial charge in [-0.25, -0.2) is 0 Å². The van der Waals surface area contributed by atoms with Crippen LogP contribution in [0.5, 0.6) is 11.5 Å². The fourth-order valence-corrected chi connectivity index (χ4v) is 2.35. The summed E-state index contributed by atoms with van der Waals surface area (Å²) in [6, 6.07) is 11.4. The van der Waals surface area contributed by atoms with Gasteiger partial charge in [-0.3, -0.25) is 0 Å². The van der Waals surface area contributed by atoms with E-state index in [-0.39, 0.29) is 0 Å². The fourth-order valence-electron chi connectivity index (χ4n) is 1.68. The topological polar surface area (TPSA) is 56.5 Å². The summed E-state index contributed by atoms with van der Waals surface area (Å²) in [5.41, 5.74) is 8.35. The van der Waals surface area contributed by atoms with Crippen LogP contribution in [0.3, 0.4) is 0 Å². The Morgan fingerprint density at radius 3 is 2.37 bits per heavy atom. The molecule has 0 spiro atoms. The van der Waals surface area contributed by atoms with E-state index in [1.54, 1.807) is 14.2 Å². The zero-order valence-corrected chi connectivity index (χ0v) is 12.9. The molecule has 3 N–H and O–H groups in total. The van der Waals surface area contributed by atoms with Crippen LogP contribution in [0, 0.1) is 3.57 Å². The molecule has 2 aromatic rings. The Kier molecular flexibility index (Phi) is 4.36. The third-order valence-corrected chi connectivity index (χ3v) is 3.56. The van der Waals surface area contributed by atoms with E-state index in [2.05, 4.69) is 27.9 Å². The summed E-state index contributed by atoms with van der Waals surface area (Å²) in [5, 5.41) is 3.33. The number of ether oxygens (including phenoxy) is 2. The van der Waals surface area contributed by atoms with Crippen LogP contribution in [0.2, 0.25) is 0 Å². The minimum absolute atomic E-state index is 0.729. The van der Waals surface area contributed by atoms with E-state index >= 15 is 0 Å². The fraction of sp³-hybridized carbons (Fsp3) is 0.143. The molecule has 0 aliphatic rings. The lowest BCUT2D eigenvalue weighted by atomic mass is 10.2. The van der Waals surface area contributed by atoms with Gasteiger partial charge in [0.05, 0.1) is 25.6 Å². The Morgan fingerprint density at radius 2 is 1.74 bits per heavy atom. The highest BCUT2D eigenvalue weighted by molar-refractivity contribution is 14.1. The van der Waals surface area contributed by atoms with Crippen LogP contribution in [0.15, 0.2) is 36.4 Å². The lowest BCUT2D eigenvalue weighted by Gasteiger charge is -2.13. The number of hydrogen-bond donors (Lipinski definition) is 2. The highest BCUT2D eigenvalue weighted by atomic mass is 127. The SMILES string of the molecule is COc1ccc(Nc2ccc(N)cc2I)c(OC)c1. The zero-order valence-electron chi connectivity index (χ0n) is 10.7. The highest BCUT2D eigenvalue weighted by Gasteiger charge is 2.07. The Balaban J connectivity index is 2.32. The lowest BCUT2D eigenvalue weighted by molar-refractivity contribution is 0.395. The predicted octanol–water partition coefficient (Wildman–Crippen LogP) is 3.63. The second-order valence-corrected chi connectivity index (χ2v) is 5.09. The van der Waals surface area contributed by atoms with Crippen LogP contribution in [-0.2, 0) is 0 Å². The minimum atomic E-state index is 0.729. The van der Waals surface area contributed by atoms with E-state index in [1.165, 1.54) is 0 Å². The van der Waals surface area contributed by atoms with Gasteiger partial charge in [0.2, 0.25) is 0 Å². The molecular weight excluding hydrogens is 355 g/mol. The number of rotatable bonds is 4. The summed E-state index contributed by atoms with van der Waals surface area (Å²) < 4.78 is 11.6. The average Bonchev–Trinajstić information content (AvgIpc) is 2.42. The van der Waals surface area contributed by atoms with Gasteiger partial charge in [0.25, 0.3) is 0 Å². The molecule has 100 valence electrons. The Labute approximate surface area is 126 Å². The molecule has 0 heterocycles. The molecule has 0 unspecified atom stereocenters. The molecule has 2 rings (SSSR count). The molecular formula is C14H15IN2O2. The molecule has 0 atom stereocenters. The quantitative estimate of drug-likeness (QED) is 0.638. The summed E-state index contributed by atoms with van der Waals surface area (Å²) in [5.74, 6) is 1.49. The second kappa shape index (κ2) is 6.01. The molecule has 0 amide bonds. The maximum atomic E-state index is 5.74. The highest BCUT2D eigenvalue weighted by Crippen LogP contribution is 2.33. The van der Waals surface area contributed by atoms with Crippen molar-refractivity contribution in [3.8, 4) is 11.5 Å². The maximum absolute atomic E-state index is 5.74. The second-order valence-electron chi connectivity index (χ2n) is 3.93.